The number of rotatable bonds is 10. The number of benzene rings is 1. The van der Waals surface area contributed by atoms with Gasteiger partial charge in [0.2, 0.25) is 17.7 Å². The number of unbranched alkanes of at least 4 members (excludes halogenated alkanes) is 1. The molecule has 0 aliphatic carbocycles. The molecule has 1 aromatic rings. The van der Waals surface area contributed by atoms with Gasteiger partial charge in [-0.25, -0.2) is 5.48 Å². The van der Waals surface area contributed by atoms with E-state index in [9.17, 15) is 14.4 Å². The maximum absolute atomic E-state index is 12.8. The van der Waals surface area contributed by atoms with Crippen molar-refractivity contribution in [2.24, 2.45) is 5.92 Å². The van der Waals surface area contributed by atoms with Crippen LogP contribution in [-0.2, 0) is 20.8 Å². The summed E-state index contributed by atoms with van der Waals surface area (Å²) < 4.78 is 0. The molecule has 0 bridgehead atoms. The van der Waals surface area contributed by atoms with Crippen molar-refractivity contribution in [3.05, 3.63) is 35.9 Å². The van der Waals surface area contributed by atoms with E-state index in [-0.39, 0.29) is 24.3 Å². The van der Waals surface area contributed by atoms with E-state index in [2.05, 4.69) is 5.32 Å². The second-order valence-electron chi connectivity index (χ2n) is 7.40. The van der Waals surface area contributed by atoms with E-state index in [0.29, 0.717) is 32.4 Å². The summed E-state index contributed by atoms with van der Waals surface area (Å²) in [6.45, 7) is 3.08. The van der Waals surface area contributed by atoms with Gasteiger partial charge in [-0.2, -0.15) is 0 Å². The Morgan fingerprint density at radius 1 is 1.21 bits per heavy atom. The van der Waals surface area contributed by atoms with Crippen molar-refractivity contribution in [1.29, 1.82) is 0 Å². The summed E-state index contributed by atoms with van der Waals surface area (Å²) >= 11 is 0. The van der Waals surface area contributed by atoms with Crippen LogP contribution in [0.3, 0.4) is 0 Å². The second-order valence-corrected chi connectivity index (χ2v) is 7.40. The summed E-state index contributed by atoms with van der Waals surface area (Å²) in [7, 11) is 0. The number of likely N-dealkylation sites (tertiary alicyclic amines) is 1. The zero-order chi connectivity index (χ0) is 20.4. The van der Waals surface area contributed by atoms with Crippen molar-refractivity contribution in [2.45, 2.75) is 57.9 Å². The lowest BCUT2D eigenvalue weighted by molar-refractivity contribution is -0.140. The summed E-state index contributed by atoms with van der Waals surface area (Å²) in [5.74, 6) is -1.05. The molecule has 154 valence electrons. The third kappa shape index (κ3) is 6.96. The van der Waals surface area contributed by atoms with Gasteiger partial charge in [-0.15, -0.1) is 0 Å². The molecule has 0 radical (unpaired) electrons. The molecule has 2 atom stereocenters. The monoisotopic (exact) mass is 389 g/mol. The molecule has 1 heterocycles. The van der Waals surface area contributed by atoms with E-state index < -0.39 is 11.8 Å². The highest BCUT2D eigenvalue weighted by Gasteiger charge is 2.32. The molecular formula is C21H31N3O4. The van der Waals surface area contributed by atoms with E-state index in [4.69, 9.17) is 5.21 Å². The predicted molar refractivity (Wildman–Crippen MR) is 105 cm³/mol. The zero-order valence-electron chi connectivity index (χ0n) is 16.5. The fraction of sp³-hybridized carbons (Fsp3) is 0.571. The first-order chi connectivity index (χ1) is 13.5. The number of hydrogen-bond donors (Lipinski definition) is 3. The Bertz CT molecular complexity index is 650. The molecule has 7 heteroatoms. The van der Waals surface area contributed by atoms with Crippen LogP contribution < -0.4 is 10.8 Å². The largest absolute Gasteiger partial charge is 0.352 e. The number of aryl methyl sites for hydroxylation is 1. The lowest BCUT2D eigenvalue weighted by Crippen LogP contribution is -2.41. The van der Waals surface area contributed by atoms with E-state index >= 15 is 0 Å². The van der Waals surface area contributed by atoms with Crippen molar-refractivity contribution in [2.75, 3.05) is 13.1 Å². The van der Waals surface area contributed by atoms with Gasteiger partial charge in [0.25, 0.3) is 0 Å². The first-order valence-electron chi connectivity index (χ1n) is 10.1. The van der Waals surface area contributed by atoms with Crippen LogP contribution in [0.15, 0.2) is 30.3 Å². The van der Waals surface area contributed by atoms with Crippen LogP contribution in [0.2, 0.25) is 0 Å². The van der Waals surface area contributed by atoms with Gasteiger partial charge in [-0.05, 0) is 24.8 Å². The summed E-state index contributed by atoms with van der Waals surface area (Å²) in [6, 6.07) is 9.82. The van der Waals surface area contributed by atoms with Crippen LogP contribution in [0.4, 0.5) is 0 Å². The number of hydrogen-bond acceptors (Lipinski definition) is 4. The average molecular weight is 389 g/mol. The van der Waals surface area contributed by atoms with Gasteiger partial charge in [0.15, 0.2) is 0 Å². The van der Waals surface area contributed by atoms with Crippen LogP contribution in [0.1, 0.15) is 51.0 Å². The topological polar surface area (TPSA) is 98.7 Å². The van der Waals surface area contributed by atoms with Crippen LogP contribution in [0.25, 0.3) is 0 Å². The van der Waals surface area contributed by atoms with Crippen LogP contribution in [0.5, 0.6) is 0 Å². The third-order valence-corrected chi connectivity index (χ3v) is 5.16. The van der Waals surface area contributed by atoms with Gasteiger partial charge < -0.3 is 10.2 Å². The maximum atomic E-state index is 12.8. The first-order valence-corrected chi connectivity index (χ1v) is 10.1. The molecule has 2 rings (SSSR count). The predicted octanol–water partition coefficient (Wildman–Crippen LogP) is 2.04. The number of amides is 3. The Morgan fingerprint density at radius 3 is 2.64 bits per heavy atom. The minimum absolute atomic E-state index is 0.00894. The van der Waals surface area contributed by atoms with Crippen LogP contribution in [-0.4, -0.2) is 47.0 Å². The second kappa shape index (κ2) is 11.4. The highest BCUT2D eigenvalue weighted by molar-refractivity contribution is 5.85. The Labute approximate surface area is 166 Å². The van der Waals surface area contributed by atoms with Gasteiger partial charge >= 0.3 is 0 Å². The summed E-state index contributed by atoms with van der Waals surface area (Å²) in [4.78, 5) is 38.3. The number of carbonyl (C=O) groups excluding carboxylic acids is 3. The number of hydroxylamine groups is 1. The van der Waals surface area contributed by atoms with E-state index in [1.54, 1.807) is 10.4 Å². The molecule has 1 saturated heterocycles. The normalized spacial score (nSPS) is 17.2. The molecule has 1 aromatic carbocycles. The van der Waals surface area contributed by atoms with Gasteiger partial charge in [-0.1, -0.05) is 50.1 Å². The number of nitrogens with one attached hydrogen (secondary N) is 2. The molecule has 1 aliphatic rings. The van der Waals surface area contributed by atoms with Crippen molar-refractivity contribution in [3.63, 3.8) is 0 Å². The maximum Gasteiger partial charge on any atom is 0.244 e. The Kier molecular flexibility index (Phi) is 8.94. The zero-order valence-corrected chi connectivity index (χ0v) is 16.5. The summed E-state index contributed by atoms with van der Waals surface area (Å²) in [6.07, 6.45) is 4.22. The highest BCUT2D eigenvalue weighted by atomic mass is 16.5. The lowest BCUT2D eigenvalue weighted by Gasteiger charge is -2.23. The van der Waals surface area contributed by atoms with Crippen molar-refractivity contribution < 1.29 is 19.6 Å². The lowest BCUT2D eigenvalue weighted by atomic mass is 9.96. The molecule has 3 amide bonds. The SMILES string of the molecule is CCCC[C@H](CC(=O)NO)C(=O)N1CC[C@H](NC(=O)CCc2ccccc2)C1. The Hall–Kier alpha value is -2.41. The Balaban J connectivity index is 1.80. The van der Waals surface area contributed by atoms with E-state index in [1.165, 1.54) is 0 Å². The molecular weight excluding hydrogens is 358 g/mol. The van der Waals surface area contributed by atoms with Crippen LogP contribution >= 0.6 is 0 Å². The molecule has 28 heavy (non-hydrogen) atoms. The van der Waals surface area contributed by atoms with Crippen molar-refractivity contribution in [1.82, 2.24) is 15.7 Å². The average Bonchev–Trinajstić information content (AvgIpc) is 3.18. The molecule has 1 aliphatic heterocycles. The standard InChI is InChI=1S/C21H31N3O4/c1-2-3-9-17(14-20(26)23-28)21(27)24-13-12-18(15-24)22-19(25)11-10-16-7-5-4-6-8-16/h4-8,17-18,28H,2-3,9-15H2,1H3,(H,22,25)(H,23,26)/t17-,18+/m1/s1. The minimum atomic E-state index is -0.542. The molecule has 7 nitrogen and oxygen atoms in total. The number of carbonyl (C=O) groups is 3. The van der Waals surface area contributed by atoms with Gasteiger partial charge in [0.05, 0.1) is 0 Å². The molecule has 1 fully saturated rings. The fourth-order valence-corrected chi connectivity index (χ4v) is 3.57. The third-order valence-electron chi connectivity index (χ3n) is 5.16. The first kappa shape index (κ1) is 21.9. The molecule has 3 N–H and O–H groups in total. The van der Waals surface area contributed by atoms with E-state index in [0.717, 1.165) is 24.8 Å². The van der Waals surface area contributed by atoms with Gasteiger partial charge in [0, 0.05) is 37.9 Å². The van der Waals surface area contributed by atoms with Crippen LogP contribution in [0, 0.1) is 5.92 Å². The smallest absolute Gasteiger partial charge is 0.244 e. The highest BCUT2D eigenvalue weighted by Crippen LogP contribution is 2.20. The quantitative estimate of drug-likeness (QED) is 0.421. The summed E-state index contributed by atoms with van der Waals surface area (Å²) in [5, 5.41) is 11.8. The molecule has 0 aromatic heterocycles. The molecule has 0 spiro atoms. The fourth-order valence-electron chi connectivity index (χ4n) is 3.57. The van der Waals surface area contributed by atoms with E-state index in [1.807, 2.05) is 37.3 Å². The van der Waals surface area contributed by atoms with Gasteiger partial charge in [0.1, 0.15) is 0 Å². The molecule has 0 saturated carbocycles. The summed E-state index contributed by atoms with van der Waals surface area (Å²) in [5.41, 5.74) is 2.74. The van der Waals surface area contributed by atoms with Gasteiger partial charge in [-0.3, -0.25) is 19.6 Å². The number of nitrogens with zero attached hydrogens (tertiary/aromatic N) is 1. The Morgan fingerprint density at radius 2 is 1.96 bits per heavy atom. The van der Waals surface area contributed by atoms with Crippen molar-refractivity contribution >= 4 is 17.7 Å². The molecule has 0 unspecified atom stereocenters. The minimum Gasteiger partial charge on any atom is -0.352 e. The van der Waals surface area contributed by atoms with Crippen molar-refractivity contribution in [3.8, 4) is 0 Å².